The van der Waals surface area contributed by atoms with Gasteiger partial charge in [0.1, 0.15) is 5.82 Å². The lowest BCUT2D eigenvalue weighted by Crippen LogP contribution is -2.40. The first-order chi connectivity index (χ1) is 11.3. The molecule has 0 unspecified atom stereocenters. The van der Waals surface area contributed by atoms with E-state index in [1.807, 2.05) is 17.0 Å². The van der Waals surface area contributed by atoms with Gasteiger partial charge in [0.25, 0.3) is 5.91 Å². The number of aromatic nitrogens is 1. The summed E-state index contributed by atoms with van der Waals surface area (Å²) in [6.07, 6.45) is 8.43. The maximum atomic E-state index is 12.6. The summed E-state index contributed by atoms with van der Waals surface area (Å²) in [5, 5.41) is 3.60. The number of ether oxygens (including phenoxy) is 1. The first-order valence-electron chi connectivity index (χ1n) is 8.91. The van der Waals surface area contributed by atoms with Crippen LogP contribution in [0.2, 0.25) is 0 Å². The number of morpholine rings is 1. The van der Waals surface area contributed by atoms with Gasteiger partial charge in [0.15, 0.2) is 0 Å². The Balaban J connectivity index is 1.44. The second-order valence-corrected chi connectivity index (χ2v) is 7.02. The molecule has 1 aromatic rings. The fourth-order valence-corrected chi connectivity index (χ4v) is 4.52. The number of hydrogen-bond donors (Lipinski definition) is 1. The van der Waals surface area contributed by atoms with Gasteiger partial charge in [-0.2, -0.15) is 0 Å². The molecule has 3 fully saturated rings. The van der Waals surface area contributed by atoms with Crippen LogP contribution in [0.15, 0.2) is 18.3 Å². The summed E-state index contributed by atoms with van der Waals surface area (Å²) < 4.78 is 5.32. The van der Waals surface area contributed by atoms with Crippen LogP contribution in [0, 0.1) is 11.8 Å². The van der Waals surface area contributed by atoms with Crippen molar-refractivity contribution in [1.82, 2.24) is 9.88 Å². The molecule has 2 aliphatic carbocycles. The Kier molecular flexibility index (Phi) is 4.21. The molecule has 1 N–H and O–H groups in total. The van der Waals surface area contributed by atoms with Crippen LogP contribution >= 0.6 is 0 Å². The number of anilines is 1. The number of carbonyl (C=O) groups is 1. The van der Waals surface area contributed by atoms with Crippen molar-refractivity contribution in [3.05, 3.63) is 23.9 Å². The lowest BCUT2D eigenvalue weighted by atomic mass is 9.97. The van der Waals surface area contributed by atoms with Crippen molar-refractivity contribution in [3.63, 3.8) is 0 Å². The van der Waals surface area contributed by atoms with E-state index in [2.05, 4.69) is 10.3 Å². The first kappa shape index (κ1) is 14.9. The summed E-state index contributed by atoms with van der Waals surface area (Å²) in [6, 6.07) is 4.26. The predicted octanol–water partition coefficient (Wildman–Crippen LogP) is 2.54. The fraction of sp³-hybridized carbons (Fsp3) is 0.667. The van der Waals surface area contributed by atoms with Crippen molar-refractivity contribution in [1.29, 1.82) is 0 Å². The van der Waals surface area contributed by atoms with Gasteiger partial charge >= 0.3 is 0 Å². The topological polar surface area (TPSA) is 54.5 Å². The second-order valence-electron chi connectivity index (χ2n) is 7.02. The monoisotopic (exact) mass is 315 g/mol. The molecule has 1 saturated heterocycles. The molecular formula is C18H25N3O2. The second kappa shape index (κ2) is 6.48. The molecule has 1 aliphatic heterocycles. The van der Waals surface area contributed by atoms with Gasteiger partial charge in [-0.1, -0.05) is 12.8 Å². The van der Waals surface area contributed by atoms with Crippen molar-refractivity contribution in [3.8, 4) is 0 Å². The summed E-state index contributed by atoms with van der Waals surface area (Å²) in [7, 11) is 0. The normalized spacial score (nSPS) is 30.3. The Morgan fingerprint density at radius 2 is 2.09 bits per heavy atom. The molecule has 0 spiro atoms. The Labute approximate surface area is 137 Å². The molecule has 0 aromatic carbocycles. The highest BCUT2D eigenvalue weighted by Crippen LogP contribution is 2.44. The lowest BCUT2D eigenvalue weighted by molar-refractivity contribution is 0.0303. The third-order valence-corrected chi connectivity index (χ3v) is 5.72. The number of hydrogen-bond acceptors (Lipinski definition) is 4. The standard InChI is InChI=1S/C18H25N3O2/c22-18(21-8-10-23-11-9-21)14-6-7-19-17(12-14)20-16-5-4-13-2-1-3-15(13)16/h6-7,12-13,15-16H,1-5,8-11H2,(H,19,20)/t13-,15-,16-/m1/s1. The Hall–Kier alpha value is -1.62. The molecule has 0 bridgehead atoms. The van der Waals surface area contributed by atoms with E-state index in [1.54, 1.807) is 6.20 Å². The smallest absolute Gasteiger partial charge is 0.254 e. The maximum Gasteiger partial charge on any atom is 0.254 e. The highest BCUT2D eigenvalue weighted by atomic mass is 16.5. The van der Waals surface area contributed by atoms with E-state index >= 15 is 0 Å². The summed E-state index contributed by atoms with van der Waals surface area (Å²) >= 11 is 0. The van der Waals surface area contributed by atoms with Crippen molar-refractivity contribution >= 4 is 11.7 Å². The molecule has 23 heavy (non-hydrogen) atoms. The molecule has 5 nitrogen and oxygen atoms in total. The molecule has 2 heterocycles. The minimum Gasteiger partial charge on any atom is -0.378 e. The lowest BCUT2D eigenvalue weighted by Gasteiger charge is -2.27. The Morgan fingerprint density at radius 1 is 1.22 bits per heavy atom. The van der Waals surface area contributed by atoms with E-state index in [4.69, 9.17) is 4.74 Å². The Bertz CT molecular complexity index is 571. The maximum absolute atomic E-state index is 12.6. The zero-order valence-corrected chi connectivity index (χ0v) is 13.5. The number of rotatable bonds is 3. The van der Waals surface area contributed by atoms with Crippen LogP contribution in [-0.4, -0.2) is 48.1 Å². The number of carbonyl (C=O) groups excluding carboxylic acids is 1. The average molecular weight is 315 g/mol. The van der Waals surface area contributed by atoms with Crippen LogP contribution in [0.5, 0.6) is 0 Å². The summed E-state index contributed by atoms with van der Waals surface area (Å²) in [6.45, 7) is 2.62. The van der Waals surface area contributed by atoms with Gasteiger partial charge < -0.3 is 15.0 Å². The zero-order valence-electron chi connectivity index (χ0n) is 13.5. The molecule has 3 aliphatic rings. The molecule has 0 radical (unpaired) electrons. The molecule has 2 saturated carbocycles. The number of nitrogens with zero attached hydrogens (tertiary/aromatic N) is 2. The molecule has 3 atom stereocenters. The molecule has 5 heteroatoms. The minimum atomic E-state index is 0.0870. The van der Waals surface area contributed by atoms with Crippen molar-refractivity contribution in [2.24, 2.45) is 11.8 Å². The summed E-state index contributed by atoms with van der Waals surface area (Å²) in [5.74, 6) is 2.65. The van der Waals surface area contributed by atoms with Crippen LogP contribution in [0.25, 0.3) is 0 Å². The SMILES string of the molecule is O=C(c1ccnc(N[C@@H]2CC[C@H]3CCC[C@H]32)c1)N1CCOCC1. The van der Waals surface area contributed by atoms with E-state index in [0.717, 1.165) is 23.2 Å². The summed E-state index contributed by atoms with van der Waals surface area (Å²) in [4.78, 5) is 18.9. The zero-order chi connectivity index (χ0) is 15.6. The fourth-order valence-electron chi connectivity index (χ4n) is 4.52. The van der Waals surface area contributed by atoms with Gasteiger partial charge in [0.2, 0.25) is 0 Å². The quantitative estimate of drug-likeness (QED) is 0.931. The van der Waals surface area contributed by atoms with Gasteiger partial charge in [0, 0.05) is 30.9 Å². The summed E-state index contributed by atoms with van der Waals surface area (Å²) in [5.41, 5.74) is 0.727. The van der Waals surface area contributed by atoms with Gasteiger partial charge in [-0.3, -0.25) is 4.79 Å². The van der Waals surface area contributed by atoms with E-state index in [1.165, 1.54) is 32.1 Å². The predicted molar refractivity (Wildman–Crippen MR) is 88.4 cm³/mol. The van der Waals surface area contributed by atoms with E-state index < -0.39 is 0 Å². The van der Waals surface area contributed by atoms with E-state index in [0.29, 0.717) is 32.3 Å². The number of amides is 1. The third-order valence-electron chi connectivity index (χ3n) is 5.72. The highest BCUT2D eigenvalue weighted by molar-refractivity contribution is 5.94. The third kappa shape index (κ3) is 3.07. The molecule has 124 valence electrons. The van der Waals surface area contributed by atoms with Crippen LogP contribution in [0.4, 0.5) is 5.82 Å². The Morgan fingerprint density at radius 3 is 2.96 bits per heavy atom. The first-order valence-corrected chi connectivity index (χ1v) is 8.91. The number of pyridine rings is 1. The van der Waals surface area contributed by atoms with Crippen LogP contribution < -0.4 is 5.32 Å². The van der Waals surface area contributed by atoms with Crippen LogP contribution in [-0.2, 0) is 4.74 Å². The molecule has 1 amide bonds. The average Bonchev–Trinajstić information content (AvgIpc) is 3.20. The molecule has 4 rings (SSSR count). The van der Waals surface area contributed by atoms with Crippen LogP contribution in [0.3, 0.4) is 0 Å². The molecular weight excluding hydrogens is 290 g/mol. The van der Waals surface area contributed by atoms with E-state index in [-0.39, 0.29) is 5.91 Å². The van der Waals surface area contributed by atoms with Gasteiger partial charge in [-0.25, -0.2) is 4.98 Å². The van der Waals surface area contributed by atoms with Gasteiger partial charge in [0.05, 0.1) is 13.2 Å². The van der Waals surface area contributed by atoms with E-state index in [9.17, 15) is 4.79 Å². The van der Waals surface area contributed by atoms with Gasteiger partial charge in [-0.05, 0) is 43.2 Å². The van der Waals surface area contributed by atoms with Crippen LogP contribution in [0.1, 0.15) is 42.5 Å². The van der Waals surface area contributed by atoms with Crippen molar-refractivity contribution < 1.29 is 9.53 Å². The minimum absolute atomic E-state index is 0.0870. The largest absolute Gasteiger partial charge is 0.378 e. The number of fused-ring (bicyclic) bond motifs is 1. The highest BCUT2D eigenvalue weighted by Gasteiger charge is 2.39. The number of nitrogens with one attached hydrogen (secondary N) is 1. The van der Waals surface area contributed by atoms with Gasteiger partial charge in [-0.15, -0.1) is 0 Å². The molecule has 1 aromatic heterocycles. The van der Waals surface area contributed by atoms with Crippen molar-refractivity contribution in [2.75, 3.05) is 31.6 Å². The van der Waals surface area contributed by atoms with Crippen molar-refractivity contribution in [2.45, 2.75) is 38.1 Å².